The summed E-state index contributed by atoms with van der Waals surface area (Å²) in [4.78, 5) is 37.4. The van der Waals surface area contributed by atoms with Crippen LogP contribution < -0.4 is 14.8 Å². The summed E-state index contributed by atoms with van der Waals surface area (Å²) in [5.41, 5.74) is 2.09. The molecule has 1 heterocycles. The number of nitrogens with one attached hydrogen (secondary N) is 1. The van der Waals surface area contributed by atoms with Crippen molar-refractivity contribution in [3.63, 3.8) is 0 Å². The lowest BCUT2D eigenvalue weighted by Gasteiger charge is -2.18. The average Bonchev–Trinajstić information content (AvgIpc) is 3.05. The number of amides is 3. The Kier molecular flexibility index (Phi) is 6.16. The Morgan fingerprint density at radius 2 is 1.69 bits per heavy atom. The molecule has 2 aromatic rings. The number of carbonyl (C=O) groups excluding carboxylic acids is 3. The van der Waals surface area contributed by atoms with Crippen LogP contribution in [0.2, 0.25) is 0 Å². The van der Waals surface area contributed by atoms with Crippen LogP contribution in [0.3, 0.4) is 0 Å². The highest BCUT2D eigenvalue weighted by Gasteiger charge is 2.28. The molecule has 1 saturated heterocycles. The number of ether oxygens (including phenoxy) is 2. The zero-order valence-electron chi connectivity index (χ0n) is 16.7. The molecule has 1 aliphatic heterocycles. The molecule has 0 unspecified atom stereocenters. The summed E-state index contributed by atoms with van der Waals surface area (Å²) in [7, 11) is 3.16. The van der Waals surface area contributed by atoms with Gasteiger partial charge in [-0.2, -0.15) is 0 Å². The summed E-state index contributed by atoms with van der Waals surface area (Å²) < 4.78 is 10.6. The number of methoxy groups -OCH3 is 2. The normalized spacial score (nSPS) is 14.7. The summed E-state index contributed by atoms with van der Waals surface area (Å²) in [5, 5.41) is 2.95. The quantitative estimate of drug-likeness (QED) is 0.728. The molecule has 7 heteroatoms. The highest BCUT2D eigenvalue weighted by Crippen LogP contribution is 2.29. The molecule has 2 aromatic carbocycles. The predicted molar refractivity (Wildman–Crippen MR) is 107 cm³/mol. The Morgan fingerprint density at radius 3 is 2.28 bits per heavy atom. The monoisotopic (exact) mass is 396 g/mol. The van der Waals surface area contributed by atoms with Gasteiger partial charge < -0.3 is 14.8 Å². The molecule has 3 rings (SSSR count). The van der Waals surface area contributed by atoms with E-state index in [1.165, 1.54) is 4.90 Å². The van der Waals surface area contributed by atoms with Gasteiger partial charge in [0.2, 0.25) is 11.8 Å². The molecule has 1 atom stereocenters. The topological polar surface area (TPSA) is 84.9 Å². The summed E-state index contributed by atoms with van der Waals surface area (Å²) in [6.45, 7) is 2.10. The second-order valence-electron chi connectivity index (χ2n) is 6.87. The van der Waals surface area contributed by atoms with E-state index in [9.17, 15) is 14.4 Å². The predicted octanol–water partition coefficient (Wildman–Crippen LogP) is 2.84. The minimum Gasteiger partial charge on any atom is -0.497 e. The molecule has 0 aromatic heterocycles. The van der Waals surface area contributed by atoms with Crippen LogP contribution in [-0.4, -0.2) is 36.8 Å². The number of rotatable bonds is 7. The molecule has 3 amide bonds. The van der Waals surface area contributed by atoms with Crippen molar-refractivity contribution in [1.82, 2.24) is 10.2 Å². The molecule has 0 bridgehead atoms. The van der Waals surface area contributed by atoms with Gasteiger partial charge in [-0.25, -0.2) is 0 Å². The van der Waals surface area contributed by atoms with Gasteiger partial charge in [0.25, 0.3) is 5.91 Å². The maximum atomic E-state index is 12.6. The molecule has 7 nitrogen and oxygen atoms in total. The van der Waals surface area contributed by atoms with Crippen molar-refractivity contribution in [3.8, 4) is 11.5 Å². The van der Waals surface area contributed by atoms with E-state index in [0.717, 1.165) is 11.1 Å². The SMILES string of the molecule is COc1ccc(OC)c([C@H](C)NC(=O)c2ccc(CN3C(=O)CCC3=O)cc2)c1. The fourth-order valence-electron chi connectivity index (χ4n) is 3.28. The van der Waals surface area contributed by atoms with Crippen LogP contribution in [0.1, 0.15) is 47.3 Å². The molecule has 1 N–H and O–H groups in total. The summed E-state index contributed by atoms with van der Waals surface area (Å²) in [6, 6.07) is 12.0. The standard InChI is InChI=1S/C22H24N2O5/c1-14(18-12-17(28-2)8-9-19(18)29-3)23-22(27)16-6-4-15(5-7-16)13-24-20(25)10-11-21(24)26/h4-9,12,14H,10-11,13H2,1-3H3,(H,23,27)/t14-/m0/s1. The number of benzene rings is 2. The van der Waals surface area contributed by atoms with Gasteiger partial charge in [0, 0.05) is 24.0 Å². The Morgan fingerprint density at radius 1 is 1.03 bits per heavy atom. The lowest BCUT2D eigenvalue weighted by molar-refractivity contribution is -0.139. The van der Waals surface area contributed by atoms with Gasteiger partial charge >= 0.3 is 0 Å². The summed E-state index contributed by atoms with van der Waals surface area (Å²) in [5.74, 6) is 0.796. The average molecular weight is 396 g/mol. The lowest BCUT2D eigenvalue weighted by atomic mass is 10.1. The van der Waals surface area contributed by atoms with Crippen molar-refractivity contribution in [3.05, 3.63) is 59.2 Å². The molecular formula is C22H24N2O5. The number of imide groups is 1. The molecule has 0 spiro atoms. The second kappa shape index (κ2) is 8.77. The van der Waals surface area contributed by atoms with Crippen LogP contribution in [0, 0.1) is 0 Å². The third-order valence-electron chi connectivity index (χ3n) is 4.96. The molecule has 1 aliphatic rings. The lowest BCUT2D eigenvalue weighted by Crippen LogP contribution is -2.28. The van der Waals surface area contributed by atoms with E-state index < -0.39 is 0 Å². The first-order valence-corrected chi connectivity index (χ1v) is 9.38. The van der Waals surface area contributed by atoms with Crippen molar-refractivity contribution in [2.24, 2.45) is 0 Å². The molecule has 1 fully saturated rings. The molecule has 152 valence electrons. The van der Waals surface area contributed by atoms with Gasteiger partial charge in [-0.3, -0.25) is 19.3 Å². The molecule has 0 radical (unpaired) electrons. The van der Waals surface area contributed by atoms with Crippen LogP contribution in [0.15, 0.2) is 42.5 Å². The first-order valence-electron chi connectivity index (χ1n) is 9.38. The minimum absolute atomic E-state index is 0.155. The van der Waals surface area contributed by atoms with Crippen molar-refractivity contribution >= 4 is 17.7 Å². The number of hydrogen-bond donors (Lipinski definition) is 1. The van der Waals surface area contributed by atoms with Crippen molar-refractivity contribution in [2.75, 3.05) is 14.2 Å². The van der Waals surface area contributed by atoms with E-state index in [-0.39, 0.29) is 43.1 Å². The van der Waals surface area contributed by atoms with Crippen molar-refractivity contribution < 1.29 is 23.9 Å². The highest BCUT2D eigenvalue weighted by molar-refractivity contribution is 6.01. The van der Waals surface area contributed by atoms with E-state index in [4.69, 9.17) is 9.47 Å². The Hall–Kier alpha value is -3.35. The Balaban J connectivity index is 1.68. The van der Waals surface area contributed by atoms with Crippen LogP contribution in [-0.2, 0) is 16.1 Å². The smallest absolute Gasteiger partial charge is 0.251 e. The first kappa shape index (κ1) is 20.4. The molecular weight excluding hydrogens is 372 g/mol. The molecule has 0 saturated carbocycles. The van der Waals surface area contributed by atoms with Crippen molar-refractivity contribution in [1.29, 1.82) is 0 Å². The van der Waals surface area contributed by atoms with E-state index in [2.05, 4.69) is 5.32 Å². The molecule has 29 heavy (non-hydrogen) atoms. The van der Waals surface area contributed by atoms with E-state index in [0.29, 0.717) is 17.1 Å². The van der Waals surface area contributed by atoms with Gasteiger partial charge in [-0.15, -0.1) is 0 Å². The third-order valence-corrected chi connectivity index (χ3v) is 4.96. The zero-order chi connectivity index (χ0) is 21.0. The first-order chi connectivity index (χ1) is 13.9. The van der Waals surface area contributed by atoms with Crippen LogP contribution >= 0.6 is 0 Å². The number of carbonyl (C=O) groups is 3. The van der Waals surface area contributed by atoms with E-state index >= 15 is 0 Å². The number of likely N-dealkylation sites (tertiary alicyclic amines) is 1. The second-order valence-corrected chi connectivity index (χ2v) is 6.87. The summed E-state index contributed by atoms with van der Waals surface area (Å²) in [6.07, 6.45) is 0.538. The zero-order valence-corrected chi connectivity index (χ0v) is 16.7. The number of nitrogens with zero attached hydrogens (tertiary/aromatic N) is 1. The minimum atomic E-state index is -0.299. The fourth-order valence-corrected chi connectivity index (χ4v) is 3.28. The van der Waals surface area contributed by atoms with Crippen molar-refractivity contribution in [2.45, 2.75) is 32.4 Å². The maximum Gasteiger partial charge on any atom is 0.251 e. The number of hydrogen-bond acceptors (Lipinski definition) is 5. The van der Waals surface area contributed by atoms with Gasteiger partial charge in [0.15, 0.2) is 0 Å². The van der Waals surface area contributed by atoms with Gasteiger partial charge in [-0.05, 0) is 42.8 Å². The maximum absolute atomic E-state index is 12.6. The van der Waals surface area contributed by atoms with Gasteiger partial charge in [-0.1, -0.05) is 12.1 Å². The van der Waals surface area contributed by atoms with Crippen LogP contribution in [0.5, 0.6) is 11.5 Å². The van der Waals surface area contributed by atoms with Gasteiger partial charge in [0.1, 0.15) is 11.5 Å². The summed E-state index contributed by atoms with van der Waals surface area (Å²) >= 11 is 0. The molecule has 0 aliphatic carbocycles. The Labute approximate surface area is 169 Å². The van der Waals surface area contributed by atoms with Gasteiger partial charge in [0.05, 0.1) is 26.8 Å². The fraction of sp³-hybridized carbons (Fsp3) is 0.318. The largest absolute Gasteiger partial charge is 0.497 e. The van der Waals surface area contributed by atoms with E-state index in [1.54, 1.807) is 50.6 Å². The third kappa shape index (κ3) is 4.56. The van der Waals surface area contributed by atoms with Crippen LogP contribution in [0.25, 0.3) is 0 Å². The Bertz CT molecular complexity index is 907. The van der Waals surface area contributed by atoms with E-state index in [1.807, 2.05) is 13.0 Å². The highest BCUT2D eigenvalue weighted by atomic mass is 16.5. The van der Waals surface area contributed by atoms with Crippen LogP contribution in [0.4, 0.5) is 0 Å².